The van der Waals surface area contributed by atoms with Crippen molar-refractivity contribution in [1.29, 1.82) is 0 Å². The summed E-state index contributed by atoms with van der Waals surface area (Å²) in [6.45, 7) is 1.56. The van der Waals surface area contributed by atoms with E-state index in [0.29, 0.717) is 21.3 Å². The summed E-state index contributed by atoms with van der Waals surface area (Å²) in [6, 6.07) is 3.17. The number of nitrogen functional groups attached to an aromatic ring is 1. The zero-order valence-corrected chi connectivity index (χ0v) is 12.3. The molecule has 0 aromatic heterocycles. The van der Waals surface area contributed by atoms with E-state index in [1.807, 2.05) is 4.90 Å². The first-order valence-corrected chi connectivity index (χ1v) is 7.39. The van der Waals surface area contributed by atoms with E-state index >= 15 is 0 Å². The number of hydrogen-bond donors (Lipinski definition) is 1. The van der Waals surface area contributed by atoms with Crippen molar-refractivity contribution in [1.82, 2.24) is 4.90 Å². The van der Waals surface area contributed by atoms with Gasteiger partial charge in [-0.15, -0.1) is 0 Å². The minimum absolute atomic E-state index is 0.0684. The molecule has 0 aliphatic carbocycles. The topological polar surface area (TPSA) is 46.3 Å². The van der Waals surface area contributed by atoms with Gasteiger partial charge in [-0.1, -0.05) is 42.5 Å². The van der Waals surface area contributed by atoms with E-state index in [4.69, 9.17) is 28.9 Å². The van der Waals surface area contributed by atoms with Gasteiger partial charge < -0.3 is 10.6 Å². The summed E-state index contributed by atoms with van der Waals surface area (Å²) in [7, 11) is 0. The van der Waals surface area contributed by atoms with Gasteiger partial charge in [-0.25, -0.2) is 0 Å². The summed E-state index contributed by atoms with van der Waals surface area (Å²) < 4.78 is 0. The SMILES string of the molecule is Nc1cc(Cl)c(Cl)c(C(=O)N2CCCCCCC2)c1. The molecular weight excluding hydrogens is 283 g/mol. The first-order chi connectivity index (χ1) is 9.09. The summed E-state index contributed by atoms with van der Waals surface area (Å²) in [5.41, 5.74) is 6.61. The highest BCUT2D eigenvalue weighted by Gasteiger charge is 2.20. The van der Waals surface area contributed by atoms with E-state index in [1.54, 1.807) is 12.1 Å². The van der Waals surface area contributed by atoms with Crippen LogP contribution in [0.2, 0.25) is 10.0 Å². The number of carbonyl (C=O) groups excluding carboxylic acids is 1. The molecule has 104 valence electrons. The molecule has 1 saturated heterocycles. The van der Waals surface area contributed by atoms with Crippen molar-refractivity contribution in [2.45, 2.75) is 32.1 Å². The van der Waals surface area contributed by atoms with Crippen LogP contribution in [0, 0.1) is 0 Å². The summed E-state index contributed by atoms with van der Waals surface area (Å²) >= 11 is 12.1. The van der Waals surface area contributed by atoms with Gasteiger partial charge in [0.1, 0.15) is 0 Å². The fourth-order valence-electron chi connectivity index (χ4n) is 2.39. The smallest absolute Gasteiger partial charge is 0.255 e. The molecule has 1 fully saturated rings. The van der Waals surface area contributed by atoms with Crippen LogP contribution in [0.1, 0.15) is 42.5 Å². The van der Waals surface area contributed by atoms with E-state index in [-0.39, 0.29) is 5.91 Å². The molecule has 0 saturated carbocycles. The van der Waals surface area contributed by atoms with Crippen molar-refractivity contribution in [3.05, 3.63) is 27.7 Å². The highest BCUT2D eigenvalue weighted by Crippen LogP contribution is 2.30. The van der Waals surface area contributed by atoms with Gasteiger partial charge in [-0.2, -0.15) is 0 Å². The van der Waals surface area contributed by atoms with Gasteiger partial charge in [0, 0.05) is 18.8 Å². The molecule has 3 nitrogen and oxygen atoms in total. The standard InChI is InChI=1S/C14H18Cl2N2O/c15-12-9-10(17)8-11(13(12)16)14(19)18-6-4-2-1-3-5-7-18/h8-9H,1-7,17H2. The van der Waals surface area contributed by atoms with Gasteiger partial charge in [0.15, 0.2) is 0 Å². The third-order valence-electron chi connectivity index (χ3n) is 3.42. The minimum atomic E-state index is -0.0684. The van der Waals surface area contributed by atoms with E-state index in [9.17, 15) is 4.79 Å². The Hall–Kier alpha value is -0.930. The molecule has 0 radical (unpaired) electrons. The van der Waals surface area contributed by atoms with Crippen LogP contribution in [-0.4, -0.2) is 23.9 Å². The maximum atomic E-state index is 12.5. The number of benzene rings is 1. The second-order valence-corrected chi connectivity index (χ2v) is 5.71. The van der Waals surface area contributed by atoms with Crippen molar-refractivity contribution in [3.63, 3.8) is 0 Å². The molecule has 1 heterocycles. The summed E-state index contributed by atoms with van der Waals surface area (Å²) in [5.74, 6) is -0.0684. The van der Waals surface area contributed by atoms with Gasteiger partial charge in [-0.3, -0.25) is 4.79 Å². The number of likely N-dealkylation sites (tertiary alicyclic amines) is 1. The van der Waals surface area contributed by atoms with Crippen molar-refractivity contribution in [2.24, 2.45) is 0 Å². The van der Waals surface area contributed by atoms with Crippen LogP contribution in [0.25, 0.3) is 0 Å². The predicted octanol–water partition coefficient (Wildman–Crippen LogP) is 3.98. The van der Waals surface area contributed by atoms with Crippen LogP contribution in [0.15, 0.2) is 12.1 Å². The first kappa shape index (κ1) is 14.5. The number of carbonyl (C=O) groups is 1. The van der Waals surface area contributed by atoms with Gasteiger partial charge in [0.05, 0.1) is 15.6 Å². The number of nitrogens with zero attached hydrogens (tertiary/aromatic N) is 1. The third kappa shape index (κ3) is 3.54. The number of nitrogens with two attached hydrogens (primary N) is 1. The predicted molar refractivity (Wildman–Crippen MR) is 79.9 cm³/mol. The Kier molecular flexibility index (Phi) is 4.94. The Bertz CT molecular complexity index is 469. The Labute approximate surface area is 123 Å². The normalized spacial score (nSPS) is 16.8. The molecule has 0 unspecified atom stereocenters. The highest BCUT2D eigenvalue weighted by atomic mass is 35.5. The van der Waals surface area contributed by atoms with Crippen molar-refractivity contribution in [3.8, 4) is 0 Å². The summed E-state index contributed by atoms with van der Waals surface area (Å²) in [5, 5.41) is 0.625. The average molecular weight is 301 g/mol. The van der Waals surface area contributed by atoms with Crippen LogP contribution >= 0.6 is 23.2 Å². The van der Waals surface area contributed by atoms with Gasteiger partial charge >= 0.3 is 0 Å². The molecule has 0 spiro atoms. The first-order valence-electron chi connectivity index (χ1n) is 6.63. The molecule has 1 aromatic rings. The third-order valence-corrected chi connectivity index (χ3v) is 4.23. The lowest BCUT2D eigenvalue weighted by molar-refractivity contribution is 0.0742. The fraction of sp³-hybridized carbons (Fsp3) is 0.500. The van der Waals surface area contributed by atoms with Crippen LogP contribution < -0.4 is 5.73 Å². The van der Waals surface area contributed by atoms with Gasteiger partial charge in [-0.05, 0) is 25.0 Å². The number of halogens is 2. The molecule has 0 atom stereocenters. The quantitative estimate of drug-likeness (QED) is 0.797. The van der Waals surface area contributed by atoms with Crippen LogP contribution in [0.5, 0.6) is 0 Å². The number of amides is 1. The maximum Gasteiger partial charge on any atom is 0.255 e. The second kappa shape index (κ2) is 6.49. The lowest BCUT2D eigenvalue weighted by Crippen LogP contribution is -2.34. The molecule has 1 aliphatic rings. The van der Waals surface area contributed by atoms with Gasteiger partial charge in [0.2, 0.25) is 0 Å². The Balaban J connectivity index is 2.22. The molecule has 19 heavy (non-hydrogen) atoms. The zero-order chi connectivity index (χ0) is 13.8. The molecule has 2 rings (SSSR count). The molecule has 0 bridgehead atoms. The van der Waals surface area contributed by atoms with Crippen molar-refractivity contribution in [2.75, 3.05) is 18.8 Å². The summed E-state index contributed by atoms with van der Waals surface area (Å²) in [6.07, 6.45) is 5.69. The average Bonchev–Trinajstić information content (AvgIpc) is 2.32. The van der Waals surface area contributed by atoms with Crippen LogP contribution in [0.3, 0.4) is 0 Å². The van der Waals surface area contributed by atoms with Crippen molar-refractivity contribution < 1.29 is 4.79 Å². The van der Waals surface area contributed by atoms with E-state index < -0.39 is 0 Å². The van der Waals surface area contributed by atoms with E-state index in [0.717, 1.165) is 25.9 Å². The lowest BCUT2D eigenvalue weighted by atomic mass is 10.1. The maximum absolute atomic E-state index is 12.5. The fourth-order valence-corrected chi connectivity index (χ4v) is 2.80. The second-order valence-electron chi connectivity index (χ2n) is 4.92. The van der Waals surface area contributed by atoms with E-state index in [2.05, 4.69) is 0 Å². The van der Waals surface area contributed by atoms with Crippen LogP contribution in [0.4, 0.5) is 5.69 Å². The molecule has 1 amide bonds. The molecule has 1 aromatic carbocycles. The van der Waals surface area contributed by atoms with Crippen LogP contribution in [-0.2, 0) is 0 Å². The summed E-state index contributed by atoms with van der Waals surface area (Å²) in [4.78, 5) is 14.4. The monoisotopic (exact) mass is 300 g/mol. The Morgan fingerprint density at radius 2 is 1.63 bits per heavy atom. The zero-order valence-electron chi connectivity index (χ0n) is 10.8. The Morgan fingerprint density at radius 1 is 1.05 bits per heavy atom. The van der Waals surface area contributed by atoms with Crippen molar-refractivity contribution >= 4 is 34.8 Å². The molecule has 5 heteroatoms. The largest absolute Gasteiger partial charge is 0.399 e. The highest BCUT2D eigenvalue weighted by molar-refractivity contribution is 6.44. The Morgan fingerprint density at radius 3 is 2.26 bits per heavy atom. The number of hydrogen-bond acceptors (Lipinski definition) is 2. The molecule has 2 N–H and O–H groups in total. The lowest BCUT2D eigenvalue weighted by Gasteiger charge is -2.25. The molecular formula is C14H18Cl2N2O. The number of rotatable bonds is 1. The minimum Gasteiger partial charge on any atom is -0.399 e. The molecule has 1 aliphatic heterocycles. The number of anilines is 1. The van der Waals surface area contributed by atoms with E-state index in [1.165, 1.54) is 19.3 Å². The van der Waals surface area contributed by atoms with Gasteiger partial charge in [0.25, 0.3) is 5.91 Å².